The van der Waals surface area contributed by atoms with Crippen molar-refractivity contribution in [2.24, 2.45) is 0 Å². The minimum absolute atomic E-state index is 0.193. The van der Waals surface area contributed by atoms with Crippen LogP contribution in [0, 0.1) is 11.8 Å². The van der Waals surface area contributed by atoms with Gasteiger partial charge in [-0.1, -0.05) is 48.1 Å². The van der Waals surface area contributed by atoms with Crippen molar-refractivity contribution in [2.75, 3.05) is 25.0 Å². The molecule has 0 spiro atoms. The number of aromatic nitrogens is 2. The van der Waals surface area contributed by atoms with E-state index < -0.39 is 0 Å². The average Bonchev–Trinajstić information content (AvgIpc) is 3.36. The Kier molecular flexibility index (Phi) is 6.83. The van der Waals surface area contributed by atoms with Crippen molar-refractivity contribution in [3.63, 3.8) is 0 Å². The Morgan fingerprint density at radius 1 is 0.974 bits per heavy atom. The molecule has 3 heterocycles. The van der Waals surface area contributed by atoms with Crippen LogP contribution < -0.4 is 5.32 Å². The van der Waals surface area contributed by atoms with Gasteiger partial charge in [-0.05, 0) is 80.5 Å². The maximum absolute atomic E-state index is 13.6. The number of fused-ring (bicyclic) bond motifs is 2. The maximum Gasteiger partial charge on any atom is 0.256 e. The number of hydrogen-bond donors (Lipinski definition) is 2. The second-order valence-electron chi connectivity index (χ2n) is 9.64. The van der Waals surface area contributed by atoms with Crippen LogP contribution in [0.4, 0.5) is 5.69 Å². The van der Waals surface area contributed by atoms with Crippen molar-refractivity contribution in [3.05, 3.63) is 95.1 Å². The summed E-state index contributed by atoms with van der Waals surface area (Å²) in [4.78, 5) is 24.2. The molecular weight excluding hydrogens is 492 g/mol. The molecule has 0 atom stereocenters. The summed E-state index contributed by atoms with van der Waals surface area (Å²) in [5.41, 5.74) is 5.44. The van der Waals surface area contributed by atoms with Crippen molar-refractivity contribution >= 4 is 45.0 Å². The molecular formula is C32H27ClN4O. The molecule has 0 saturated carbocycles. The second kappa shape index (κ2) is 10.7. The maximum atomic E-state index is 13.6. The van der Waals surface area contributed by atoms with Crippen molar-refractivity contribution in [2.45, 2.75) is 19.3 Å². The monoisotopic (exact) mass is 518 g/mol. The zero-order valence-corrected chi connectivity index (χ0v) is 21.7. The summed E-state index contributed by atoms with van der Waals surface area (Å²) in [6.45, 7) is 2.99. The molecule has 0 aliphatic carbocycles. The Balaban J connectivity index is 1.42. The Labute approximate surface area is 226 Å². The first-order chi connectivity index (χ1) is 18.6. The number of H-pyrrole nitrogens is 1. The van der Waals surface area contributed by atoms with E-state index in [0.29, 0.717) is 16.3 Å². The van der Waals surface area contributed by atoms with Gasteiger partial charge in [0.05, 0.1) is 23.3 Å². The van der Waals surface area contributed by atoms with Crippen LogP contribution in [0.5, 0.6) is 0 Å². The number of piperidine rings is 1. The van der Waals surface area contributed by atoms with E-state index in [1.807, 2.05) is 79.0 Å². The molecule has 1 amide bonds. The van der Waals surface area contributed by atoms with Crippen LogP contribution >= 0.6 is 11.6 Å². The number of carbonyl (C=O) groups is 1. The minimum atomic E-state index is -0.193. The fourth-order valence-corrected chi connectivity index (χ4v) is 5.20. The quantitative estimate of drug-likeness (QED) is 0.249. The molecule has 6 heteroatoms. The number of halogens is 1. The minimum Gasteiger partial charge on any atom is -0.360 e. The third-order valence-electron chi connectivity index (χ3n) is 6.99. The van der Waals surface area contributed by atoms with Crippen molar-refractivity contribution in [1.29, 1.82) is 0 Å². The SMILES string of the molecule is O=C(Nc1ccccc1)c1cc(-c2c[nH]c3ccc(Cl)cc23)nc2ccc(C#CCN3CCCCC3)cc12. The van der Waals surface area contributed by atoms with E-state index in [4.69, 9.17) is 16.6 Å². The van der Waals surface area contributed by atoms with E-state index in [9.17, 15) is 4.79 Å². The molecule has 38 heavy (non-hydrogen) atoms. The molecule has 188 valence electrons. The van der Waals surface area contributed by atoms with E-state index in [1.54, 1.807) is 0 Å². The summed E-state index contributed by atoms with van der Waals surface area (Å²) >= 11 is 6.30. The Hall–Kier alpha value is -4.11. The highest BCUT2D eigenvalue weighted by atomic mass is 35.5. The predicted molar refractivity (Wildman–Crippen MR) is 156 cm³/mol. The smallest absolute Gasteiger partial charge is 0.256 e. The van der Waals surface area contributed by atoms with Gasteiger partial charge in [0.25, 0.3) is 5.91 Å². The van der Waals surface area contributed by atoms with Crippen LogP contribution in [-0.2, 0) is 0 Å². The number of rotatable bonds is 4. The molecule has 1 aliphatic heterocycles. The summed E-state index contributed by atoms with van der Waals surface area (Å²) in [6.07, 6.45) is 5.71. The van der Waals surface area contributed by atoms with Gasteiger partial charge in [0.1, 0.15) is 0 Å². The standard InChI is InChI=1S/C32H27ClN4O/c33-23-12-14-29-26(19-23)28(21-34-29)31-20-27(32(38)35-24-9-3-1-4-10-24)25-18-22(11-13-30(25)36-31)8-7-17-37-15-5-2-6-16-37/h1,3-4,9-14,18-21,34H,2,5-6,15-17H2,(H,35,38). The topological polar surface area (TPSA) is 61.0 Å². The number of benzene rings is 3. The van der Waals surface area contributed by atoms with E-state index in [-0.39, 0.29) is 5.91 Å². The molecule has 2 N–H and O–H groups in total. The second-order valence-corrected chi connectivity index (χ2v) is 10.1. The van der Waals surface area contributed by atoms with Crippen molar-refractivity contribution in [3.8, 4) is 23.1 Å². The van der Waals surface area contributed by atoms with E-state index >= 15 is 0 Å². The first-order valence-electron chi connectivity index (χ1n) is 12.9. The van der Waals surface area contributed by atoms with E-state index in [1.165, 1.54) is 19.3 Å². The first kappa shape index (κ1) is 24.2. The molecule has 2 aromatic heterocycles. The number of nitrogens with one attached hydrogen (secondary N) is 2. The van der Waals surface area contributed by atoms with Crippen molar-refractivity contribution in [1.82, 2.24) is 14.9 Å². The fourth-order valence-electron chi connectivity index (χ4n) is 5.02. The number of amides is 1. The molecule has 1 fully saturated rings. The lowest BCUT2D eigenvalue weighted by Crippen LogP contribution is -2.29. The van der Waals surface area contributed by atoms with Gasteiger partial charge >= 0.3 is 0 Å². The molecule has 0 bridgehead atoms. The summed E-state index contributed by atoms with van der Waals surface area (Å²) in [7, 11) is 0. The predicted octanol–water partition coefficient (Wildman–Crippen LogP) is 7.13. The van der Waals surface area contributed by atoms with Crippen LogP contribution in [0.1, 0.15) is 35.2 Å². The van der Waals surface area contributed by atoms with Crippen LogP contribution in [0.15, 0.2) is 79.0 Å². The molecule has 3 aromatic carbocycles. The van der Waals surface area contributed by atoms with Gasteiger partial charge in [-0.2, -0.15) is 0 Å². The van der Waals surface area contributed by atoms with Crippen LogP contribution in [0.2, 0.25) is 5.02 Å². The number of hydrogen-bond acceptors (Lipinski definition) is 3. The van der Waals surface area contributed by atoms with Gasteiger partial charge in [-0.15, -0.1) is 0 Å². The Morgan fingerprint density at radius 3 is 2.66 bits per heavy atom. The van der Waals surface area contributed by atoms with Crippen LogP contribution in [-0.4, -0.2) is 40.4 Å². The number of anilines is 1. The number of nitrogens with zero attached hydrogens (tertiary/aromatic N) is 2. The van der Waals surface area contributed by atoms with Crippen molar-refractivity contribution < 1.29 is 4.79 Å². The van der Waals surface area contributed by atoms with Gasteiger partial charge in [-0.3, -0.25) is 9.69 Å². The average molecular weight is 519 g/mol. The summed E-state index contributed by atoms with van der Waals surface area (Å²) < 4.78 is 0. The first-order valence-corrected chi connectivity index (χ1v) is 13.3. The lowest BCUT2D eigenvalue weighted by atomic mass is 10.0. The fraction of sp³-hybridized carbons (Fsp3) is 0.188. The number of pyridine rings is 1. The van der Waals surface area contributed by atoms with Gasteiger partial charge in [0.2, 0.25) is 0 Å². The van der Waals surface area contributed by atoms with Crippen LogP contribution in [0.25, 0.3) is 33.1 Å². The molecule has 6 rings (SSSR count). The molecule has 1 aliphatic rings. The lowest BCUT2D eigenvalue weighted by molar-refractivity contribution is 0.102. The Morgan fingerprint density at radius 2 is 1.82 bits per heavy atom. The van der Waals surface area contributed by atoms with Gasteiger partial charge in [0.15, 0.2) is 0 Å². The van der Waals surface area contributed by atoms with Crippen LogP contribution in [0.3, 0.4) is 0 Å². The molecule has 5 aromatic rings. The third kappa shape index (κ3) is 5.15. The molecule has 5 nitrogen and oxygen atoms in total. The highest BCUT2D eigenvalue weighted by Gasteiger charge is 2.17. The van der Waals surface area contributed by atoms with E-state index in [0.717, 1.165) is 58.3 Å². The number of likely N-dealkylation sites (tertiary alicyclic amines) is 1. The third-order valence-corrected chi connectivity index (χ3v) is 7.22. The summed E-state index contributed by atoms with van der Waals surface area (Å²) in [5, 5.41) is 5.41. The molecule has 0 unspecified atom stereocenters. The highest BCUT2D eigenvalue weighted by molar-refractivity contribution is 6.31. The van der Waals surface area contributed by atoms with Gasteiger partial charge < -0.3 is 10.3 Å². The number of carbonyl (C=O) groups excluding carboxylic acids is 1. The summed E-state index contributed by atoms with van der Waals surface area (Å²) in [5.74, 6) is 6.43. The zero-order chi connectivity index (χ0) is 25.9. The number of aromatic amines is 1. The number of para-hydroxylation sites is 1. The molecule has 0 radical (unpaired) electrons. The van der Waals surface area contributed by atoms with E-state index in [2.05, 4.69) is 27.0 Å². The Bertz CT molecular complexity index is 1690. The molecule has 1 saturated heterocycles. The van der Waals surface area contributed by atoms with Gasteiger partial charge in [0, 0.05) is 44.3 Å². The largest absolute Gasteiger partial charge is 0.360 e. The normalized spacial score (nSPS) is 13.8. The lowest BCUT2D eigenvalue weighted by Gasteiger charge is -2.23. The van der Waals surface area contributed by atoms with Gasteiger partial charge in [-0.25, -0.2) is 4.98 Å². The highest BCUT2D eigenvalue weighted by Crippen LogP contribution is 2.32. The zero-order valence-electron chi connectivity index (χ0n) is 20.9. The summed E-state index contributed by atoms with van der Waals surface area (Å²) in [6, 6.07) is 22.9.